The Kier molecular flexibility index (Phi) is 10.7. The van der Waals surface area contributed by atoms with Crippen molar-refractivity contribution in [2.45, 2.75) is 90.4 Å². The maximum absolute atomic E-state index is 14.8. The van der Waals surface area contributed by atoms with E-state index >= 15 is 0 Å². The van der Waals surface area contributed by atoms with E-state index in [0.29, 0.717) is 48.2 Å². The van der Waals surface area contributed by atoms with Gasteiger partial charge in [0.25, 0.3) is 0 Å². The molecule has 3 N–H and O–H groups in total. The maximum Gasteiger partial charge on any atom is 0.411 e. The summed E-state index contributed by atoms with van der Waals surface area (Å²) in [7, 11) is 1.53. The first-order chi connectivity index (χ1) is 26.0. The van der Waals surface area contributed by atoms with E-state index in [-0.39, 0.29) is 38.2 Å². The van der Waals surface area contributed by atoms with Gasteiger partial charge in [-0.1, -0.05) is 66.7 Å². The van der Waals surface area contributed by atoms with Crippen molar-refractivity contribution in [3.8, 4) is 28.7 Å². The molecule has 0 saturated carbocycles. The number of phenols is 1. The Balaban J connectivity index is 1.43. The van der Waals surface area contributed by atoms with E-state index in [0.717, 1.165) is 38.9 Å². The van der Waals surface area contributed by atoms with Crippen molar-refractivity contribution in [3.05, 3.63) is 111 Å². The standard InChI is InChI=1S/C43H50N2O9/c1-25-17-29-18-30(20-46)44-36(34(29)37(47)38(25)49-6)32-19-31-35(41-40(52-24-53-41)26(2)39(31)51-22-28-15-11-8-12-16-28)33(45(32)42(48)54-43(3,4)5)23-50-21-27-13-9-7-10-14-27/h7-17,30,32-33,36,44,46-47H,18-24H2,1-6H3/t30-,32?,33+,36?/m0/s1. The van der Waals surface area contributed by atoms with E-state index in [4.69, 9.17) is 28.4 Å². The van der Waals surface area contributed by atoms with Crippen molar-refractivity contribution in [1.29, 1.82) is 0 Å². The Bertz CT molecular complexity index is 1980. The molecule has 0 spiro atoms. The van der Waals surface area contributed by atoms with Crippen LogP contribution >= 0.6 is 0 Å². The van der Waals surface area contributed by atoms with Gasteiger partial charge in [0.2, 0.25) is 6.79 Å². The number of aliphatic hydroxyl groups excluding tert-OH is 1. The zero-order valence-corrected chi connectivity index (χ0v) is 31.8. The van der Waals surface area contributed by atoms with Crippen molar-refractivity contribution in [2.24, 2.45) is 0 Å². The lowest BCUT2D eigenvalue weighted by atomic mass is 9.78. The van der Waals surface area contributed by atoms with Gasteiger partial charge in [0.15, 0.2) is 23.0 Å². The van der Waals surface area contributed by atoms with Crippen molar-refractivity contribution >= 4 is 6.09 Å². The van der Waals surface area contributed by atoms with Crippen LogP contribution in [-0.2, 0) is 35.5 Å². The van der Waals surface area contributed by atoms with E-state index in [9.17, 15) is 15.0 Å². The summed E-state index contributed by atoms with van der Waals surface area (Å²) in [6, 6.07) is 19.4. The first kappa shape index (κ1) is 37.3. The highest BCUT2D eigenvalue weighted by atomic mass is 16.7. The minimum atomic E-state index is -0.829. The number of aromatic hydroxyl groups is 1. The Hall–Kier alpha value is -4.97. The molecule has 0 fully saturated rings. The second-order valence-corrected chi connectivity index (χ2v) is 15.2. The smallest absolute Gasteiger partial charge is 0.411 e. The summed E-state index contributed by atoms with van der Waals surface area (Å²) in [6.45, 7) is 9.90. The molecule has 11 heteroatoms. The summed E-state index contributed by atoms with van der Waals surface area (Å²) < 4.78 is 37.4. The van der Waals surface area contributed by atoms with Crippen LogP contribution in [0.15, 0.2) is 66.7 Å². The number of ether oxygens (including phenoxy) is 6. The topological polar surface area (TPSA) is 128 Å². The summed E-state index contributed by atoms with van der Waals surface area (Å²) in [4.78, 5) is 16.5. The number of carbonyl (C=O) groups is 1. The van der Waals surface area contributed by atoms with Gasteiger partial charge in [0, 0.05) is 28.3 Å². The van der Waals surface area contributed by atoms with Gasteiger partial charge in [-0.3, -0.25) is 4.90 Å². The van der Waals surface area contributed by atoms with Crippen molar-refractivity contribution in [3.63, 3.8) is 0 Å². The lowest BCUT2D eigenvalue weighted by Crippen LogP contribution is -2.58. The normalized spacial score (nSPS) is 20.2. The van der Waals surface area contributed by atoms with Crippen LogP contribution in [0.3, 0.4) is 0 Å². The summed E-state index contributed by atoms with van der Waals surface area (Å²) >= 11 is 0. The quantitative estimate of drug-likeness (QED) is 0.157. The highest BCUT2D eigenvalue weighted by Crippen LogP contribution is 2.55. The Morgan fingerprint density at radius 1 is 0.926 bits per heavy atom. The molecule has 0 aromatic heterocycles. The minimum Gasteiger partial charge on any atom is -0.504 e. The van der Waals surface area contributed by atoms with Crippen LogP contribution in [0, 0.1) is 13.8 Å². The lowest BCUT2D eigenvalue weighted by Gasteiger charge is -2.49. The van der Waals surface area contributed by atoms with Crippen molar-refractivity contribution < 1.29 is 43.4 Å². The van der Waals surface area contributed by atoms with Gasteiger partial charge in [0.05, 0.1) is 45.1 Å². The number of methoxy groups -OCH3 is 1. The fourth-order valence-corrected chi connectivity index (χ4v) is 8.11. The fourth-order valence-electron chi connectivity index (χ4n) is 8.11. The molecular weight excluding hydrogens is 688 g/mol. The second-order valence-electron chi connectivity index (χ2n) is 15.2. The molecular formula is C43H50N2O9. The van der Waals surface area contributed by atoms with Crippen molar-refractivity contribution in [1.82, 2.24) is 10.2 Å². The molecule has 4 atom stereocenters. The number of rotatable bonds is 10. The largest absolute Gasteiger partial charge is 0.504 e. The number of benzene rings is 4. The number of hydrogen-bond acceptors (Lipinski definition) is 10. The first-order valence-electron chi connectivity index (χ1n) is 18.5. The third-order valence-corrected chi connectivity index (χ3v) is 10.4. The molecule has 7 rings (SSSR count). The van der Waals surface area contributed by atoms with E-state index in [1.807, 2.05) is 101 Å². The molecule has 4 aromatic rings. The Morgan fingerprint density at radius 3 is 2.24 bits per heavy atom. The molecule has 2 unspecified atom stereocenters. The molecule has 0 bridgehead atoms. The van der Waals surface area contributed by atoms with Crippen LogP contribution < -0.4 is 24.3 Å². The molecule has 4 aromatic carbocycles. The van der Waals surface area contributed by atoms with Gasteiger partial charge in [-0.15, -0.1) is 0 Å². The molecule has 3 aliphatic heterocycles. The number of aryl methyl sites for hydroxylation is 1. The number of carbonyl (C=O) groups excluding carboxylic acids is 1. The van der Waals surface area contributed by atoms with Crippen LogP contribution in [0.2, 0.25) is 0 Å². The Morgan fingerprint density at radius 2 is 1.59 bits per heavy atom. The molecule has 3 heterocycles. The summed E-state index contributed by atoms with van der Waals surface area (Å²) in [6.07, 6.45) is 0.207. The van der Waals surface area contributed by atoms with Gasteiger partial charge < -0.3 is 44.0 Å². The molecule has 54 heavy (non-hydrogen) atoms. The molecule has 0 radical (unpaired) electrons. The molecule has 1 amide bonds. The fraction of sp³-hybridized carbons (Fsp3) is 0.419. The first-order valence-corrected chi connectivity index (χ1v) is 18.5. The third-order valence-electron chi connectivity index (χ3n) is 10.4. The lowest BCUT2D eigenvalue weighted by molar-refractivity contribution is -0.0269. The number of phenolic OH excluding ortho intramolecular Hbond substituents is 1. The van der Waals surface area contributed by atoms with Gasteiger partial charge in [-0.25, -0.2) is 4.79 Å². The number of hydrogen-bond donors (Lipinski definition) is 3. The number of nitrogens with zero attached hydrogens (tertiary/aromatic N) is 1. The zero-order valence-electron chi connectivity index (χ0n) is 31.8. The molecule has 0 saturated heterocycles. The van der Waals surface area contributed by atoms with E-state index in [1.165, 1.54) is 7.11 Å². The zero-order chi connectivity index (χ0) is 38.1. The number of amides is 1. The van der Waals surface area contributed by atoms with Crippen LogP contribution in [0.5, 0.6) is 28.7 Å². The average Bonchev–Trinajstić information content (AvgIpc) is 3.64. The summed E-state index contributed by atoms with van der Waals surface area (Å²) in [5, 5.41) is 26.1. The van der Waals surface area contributed by atoms with Gasteiger partial charge in [-0.2, -0.15) is 0 Å². The molecule has 0 aliphatic carbocycles. The third kappa shape index (κ3) is 7.28. The number of aliphatic hydroxyl groups is 1. The van der Waals surface area contributed by atoms with E-state index in [2.05, 4.69) is 5.32 Å². The summed E-state index contributed by atoms with van der Waals surface area (Å²) in [5.41, 5.74) is 5.76. The van der Waals surface area contributed by atoms with E-state index < -0.39 is 29.8 Å². The van der Waals surface area contributed by atoms with Gasteiger partial charge >= 0.3 is 6.09 Å². The molecule has 11 nitrogen and oxygen atoms in total. The summed E-state index contributed by atoms with van der Waals surface area (Å²) in [5.74, 6) is 2.10. The van der Waals surface area contributed by atoms with Crippen LogP contribution in [0.4, 0.5) is 4.79 Å². The SMILES string of the molecule is COc1c(C)cc2c(c1O)C(C1Cc3c(OCc4ccccc4)c(C)c4c(c3[C@@H](COCc3ccccc3)N1C(=O)OC(C)(C)C)OCO4)N[C@H](CO)C2. The highest BCUT2D eigenvalue weighted by molar-refractivity contribution is 5.74. The highest BCUT2D eigenvalue weighted by Gasteiger charge is 2.50. The van der Waals surface area contributed by atoms with Gasteiger partial charge in [0.1, 0.15) is 18.0 Å². The average molecular weight is 739 g/mol. The monoisotopic (exact) mass is 738 g/mol. The van der Waals surface area contributed by atoms with Crippen LogP contribution in [-0.4, -0.2) is 66.0 Å². The molecule has 286 valence electrons. The predicted octanol–water partition coefficient (Wildman–Crippen LogP) is 6.99. The van der Waals surface area contributed by atoms with Crippen molar-refractivity contribution in [2.75, 3.05) is 27.1 Å². The van der Waals surface area contributed by atoms with Crippen LogP contribution in [0.25, 0.3) is 0 Å². The second kappa shape index (κ2) is 15.4. The minimum absolute atomic E-state index is 0.00405. The van der Waals surface area contributed by atoms with Crippen LogP contribution in [0.1, 0.15) is 77.4 Å². The van der Waals surface area contributed by atoms with Gasteiger partial charge in [-0.05, 0) is 69.7 Å². The molecule has 3 aliphatic rings. The number of nitrogens with one attached hydrogen (secondary N) is 1. The number of fused-ring (bicyclic) bond motifs is 4. The maximum atomic E-state index is 14.8. The Labute approximate surface area is 316 Å². The predicted molar refractivity (Wildman–Crippen MR) is 202 cm³/mol. The van der Waals surface area contributed by atoms with E-state index in [1.54, 1.807) is 4.90 Å².